The van der Waals surface area contributed by atoms with Crippen molar-refractivity contribution < 1.29 is 14.3 Å². The van der Waals surface area contributed by atoms with Crippen LogP contribution in [0.3, 0.4) is 0 Å². The summed E-state index contributed by atoms with van der Waals surface area (Å²) < 4.78 is 5.47. The average Bonchev–Trinajstić information content (AvgIpc) is 2.16. The first-order chi connectivity index (χ1) is 6.65. The molecule has 1 saturated carbocycles. The molecular weight excluding hydrogens is 180 g/mol. The fraction of sp³-hybridized carbons (Fsp3) is 0.636. The third kappa shape index (κ3) is 1.23. The fourth-order valence-electron chi connectivity index (χ4n) is 2.35. The lowest BCUT2D eigenvalue weighted by atomic mass is 9.68. The van der Waals surface area contributed by atoms with Gasteiger partial charge in [0.1, 0.15) is 0 Å². The minimum Gasteiger partial charge on any atom is -0.377 e. The molecule has 1 unspecified atom stereocenters. The van der Waals surface area contributed by atoms with Crippen LogP contribution in [0.1, 0.15) is 20.3 Å². The van der Waals surface area contributed by atoms with Gasteiger partial charge in [0.2, 0.25) is 11.6 Å². The second-order valence-corrected chi connectivity index (χ2v) is 3.95. The Morgan fingerprint density at radius 2 is 2.14 bits per heavy atom. The Morgan fingerprint density at radius 3 is 2.79 bits per heavy atom. The standard InChI is InChI=1S/C11H14O3/c1-3-14-9-5-7-6(2)4-8(9)11(13)10(7)12/h4,7-9H,3,5H2,1-2H3/t7-,8-,9?/m1/s1. The Balaban J connectivity index is 2.28. The fourth-order valence-corrected chi connectivity index (χ4v) is 2.35. The van der Waals surface area contributed by atoms with Crippen molar-refractivity contribution in [3.05, 3.63) is 11.6 Å². The molecule has 0 aromatic heterocycles. The molecule has 0 aromatic carbocycles. The summed E-state index contributed by atoms with van der Waals surface area (Å²) in [4.78, 5) is 23.0. The summed E-state index contributed by atoms with van der Waals surface area (Å²) in [5, 5.41) is 0. The molecule has 3 aliphatic carbocycles. The quantitative estimate of drug-likeness (QED) is 0.489. The second kappa shape index (κ2) is 3.31. The largest absolute Gasteiger partial charge is 0.377 e. The number of fused-ring (bicyclic) bond motifs is 2. The van der Waals surface area contributed by atoms with E-state index in [0.29, 0.717) is 13.0 Å². The zero-order valence-corrected chi connectivity index (χ0v) is 8.45. The SMILES string of the molecule is CCOC1C[C@H]2C(=O)C(=O)[C@@H]1C=C2C. The van der Waals surface area contributed by atoms with Crippen LogP contribution >= 0.6 is 0 Å². The van der Waals surface area contributed by atoms with Crippen LogP contribution in [0.4, 0.5) is 0 Å². The van der Waals surface area contributed by atoms with E-state index in [4.69, 9.17) is 4.74 Å². The van der Waals surface area contributed by atoms with Gasteiger partial charge in [-0.2, -0.15) is 0 Å². The van der Waals surface area contributed by atoms with E-state index in [2.05, 4.69) is 0 Å². The van der Waals surface area contributed by atoms with E-state index in [1.54, 1.807) is 0 Å². The lowest BCUT2D eigenvalue weighted by molar-refractivity contribution is -0.148. The van der Waals surface area contributed by atoms with Crippen LogP contribution in [0.15, 0.2) is 11.6 Å². The maximum Gasteiger partial charge on any atom is 0.208 e. The highest BCUT2D eigenvalue weighted by Gasteiger charge is 2.46. The molecule has 3 rings (SSSR count). The molecule has 14 heavy (non-hydrogen) atoms. The molecular formula is C11H14O3. The number of Topliss-reactive ketones (excluding diaryl/α,β-unsaturated/α-hetero) is 2. The van der Waals surface area contributed by atoms with Gasteiger partial charge in [-0.25, -0.2) is 0 Å². The molecule has 3 heteroatoms. The maximum atomic E-state index is 11.5. The number of hydrogen-bond donors (Lipinski definition) is 0. The van der Waals surface area contributed by atoms with Crippen LogP contribution in [0.25, 0.3) is 0 Å². The number of rotatable bonds is 2. The van der Waals surface area contributed by atoms with Gasteiger partial charge in [-0.3, -0.25) is 9.59 Å². The molecule has 3 nitrogen and oxygen atoms in total. The molecule has 0 spiro atoms. The van der Waals surface area contributed by atoms with E-state index in [0.717, 1.165) is 5.57 Å². The molecule has 0 aliphatic heterocycles. The number of carbonyl (C=O) groups is 2. The Hall–Kier alpha value is -0.960. The molecule has 3 aliphatic rings. The second-order valence-electron chi connectivity index (χ2n) is 3.95. The molecule has 0 N–H and O–H groups in total. The maximum absolute atomic E-state index is 11.5. The Bertz CT molecular complexity index is 316. The normalized spacial score (nSPS) is 36.1. The summed E-state index contributed by atoms with van der Waals surface area (Å²) in [6, 6.07) is 0. The van der Waals surface area contributed by atoms with Crippen molar-refractivity contribution in [3.8, 4) is 0 Å². The van der Waals surface area contributed by atoms with Crippen LogP contribution in [0.5, 0.6) is 0 Å². The topological polar surface area (TPSA) is 43.4 Å². The monoisotopic (exact) mass is 194 g/mol. The van der Waals surface area contributed by atoms with Crippen molar-refractivity contribution in [1.82, 2.24) is 0 Å². The van der Waals surface area contributed by atoms with Gasteiger partial charge in [-0.15, -0.1) is 0 Å². The van der Waals surface area contributed by atoms with Crippen molar-refractivity contribution >= 4 is 11.6 Å². The molecule has 1 fully saturated rings. The number of ether oxygens (including phenoxy) is 1. The van der Waals surface area contributed by atoms with E-state index in [-0.39, 0.29) is 29.5 Å². The Labute approximate surface area is 83.1 Å². The predicted octanol–water partition coefficient (Wildman–Crippen LogP) is 1.13. The van der Waals surface area contributed by atoms with Crippen LogP contribution in [0, 0.1) is 11.8 Å². The number of hydrogen-bond acceptors (Lipinski definition) is 3. The van der Waals surface area contributed by atoms with E-state index in [1.807, 2.05) is 19.9 Å². The first-order valence-electron chi connectivity index (χ1n) is 5.03. The summed E-state index contributed by atoms with van der Waals surface area (Å²) in [5.74, 6) is -0.993. The van der Waals surface area contributed by atoms with E-state index < -0.39 is 0 Å². The van der Waals surface area contributed by atoms with Crippen LogP contribution in [-0.4, -0.2) is 24.3 Å². The molecule has 0 amide bonds. The minimum atomic E-state index is -0.313. The van der Waals surface area contributed by atoms with Gasteiger partial charge in [-0.05, 0) is 20.3 Å². The van der Waals surface area contributed by atoms with E-state index in [9.17, 15) is 9.59 Å². The van der Waals surface area contributed by atoms with Gasteiger partial charge < -0.3 is 4.74 Å². The minimum absolute atomic E-state index is 0.0705. The van der Waals surface area contributed by atoms with Gasteiger partial charge >= 0.3 is 0 Å². The average molecular weight is 194 g/mol. The van der Waals surface area contributed by atoms with Gasteiger partial charge in [-0.1, -0.05) is 11.6 Å². The molecule has 0 radical (unpaired) electrons. The van der Waals surface area contributed by atoms with Gasteiger partial charge in [0.05, 0.1) is 12.0 Å². The number of carbonyl (C=O) groups excluding carboxylic acids is 2. The molecule has 2 bridgehead atoms. The van der Waals surface area contributed by atoms with E-state index >= 15 is 0 Å². The third-order valence-electron chi connectivity index (χ3n) is 3.10. The number of allylic oxidation sites excluding steroid dienone is 1. The lowest BCUT2D eigenvalue weighted by Crippen LogP contribution is -2.48. The highest BCUT2D eigenvalue weighted by atomic mass is 16.5. The van der Waals surface area contributed by atoms with Crippen molar-refractivity contribution in [2.75, 3.05) is 6.61 Å². The van der Waals surface area contributed by atoms with Gasteiger partial charge in [0.25, 0.3) is 0 Å². The van der Waals surface area contributed by atoms with Crippen LogP contribution < -0.4 is 0 Å². The summed E-state index contributed by atoms with van der Waals surface area (Å²) in [6.45, 7) is 4.43. The van der Waals surface area contributed by atoms with Gasteiger partial charge in [0.15, 0.2) is 0 Å². The van der Waals surface area contributed by atoms with Crippen molar-refractivity contribution in [3.63, 3.8) is 0 Å². The molecule has 0 saturated heterocycles. The van der Waals surface area contributed by atoms with Gasteiger partial charge in [0, 0.05) is 12.5 Å². The van der Waals surface area contributed by atoms with Crippen molar-refractivity contribution in [2.45, 2.75) is 26.4 Å². The smallest absolute Gasteiger partial charge is 0.208 e. The van der Waals surface area contributed by atoms with Crippen LogP contribution in [0.2, 0.25) is 0 Å². The summed E-state index contributed by atoms with van der Waals surface area (Å²) in [5.41, 5.74) is 1.04. The number of ketones is 2. The molecule has 0 heterocycles. The molecule has 76 valence electrons. The zero-order valence-electron chi connectivity index (χ0n) is 8.45. The predicted molar refractivity (Wildman–Crippen MR) is 50.8 cm³/mol. The van der Waals surface area contributed by atoms with Crippen molar-refractivity contribution in [1.29, 1.82) is 0 Å². The van der Waals surface area contributed by atoms with E-state index in [1.165, 1.54) is 0 Å². The van der Waals surface area contributed by atoms with Crippen molar-refractivity contribution in [2.24, 2.45) is 11.8 Å². The molecule has 0 aromatic rings. The highest BCUT2D eigenvalue weighted by Crippen LogP contribution is 2.37. The molecule has 3 atom stereocenters. The Morgan fingerprint density at radius 1 is 1.43 bits per heavy atom. The summed E-state index contributed by atoms with van der Waals surface area (Å²) in [6.07, 6.45) is 2.52. The van der Waals surface area contributed by atoms with Crippen LogP contribution in [-0.2, 0) is 14.3 Å². The zero-order chi connectivity index (χ0) is 10.3. The highest BCUT2D eigenvalue weighted by molar-refractivity contribution is 6.41. The lowest BCUT2D eigenvalue weighted by Gasteiger charge is -2.37. The summed E-state index contributed by atoms with van der Waals surface area (Å²) in [7, 11) is 0. The first kappa shape index (κ1) is 9.59. The first-order valence-corrected chi connectivity index (χ1v) is 5.03. The Kier molecular flexibility index (Phi) is 2.27. The summed E-state index contributed by atoms with van der Waals surface area (Å²) >= 11 is 0. The third-order valence-corrected chi connectivity index (χ3v) is 3.10.